The zero-order chi connectivity index (χ0) is 20.9. The summed E-state index contributed by atoms with van der Waals surface area (Å²) < 4.78 is 24.7. The largest absolute Gasteiger partial charge is 0.483 e. The highest BCUT2D eigenvalue weighted by molar-refractivity contribution is 6.33. The SMILES string of the molecule is O=C(COc1ccccc1-c1nc(-c2ccccc2Cl)no1)Nc1ccccc1F. The van der Waals surface area contributed by atoms with Gasteiger partial charge in [-0.25, -0.2) is 4.39 Å². The highest BCUT2D eigenvalue weighted by Gasteiger charge is 2.17. The molecule has 30 heavy (non-hydrogen) atoms. The number of ether oxygens (including phenoxy) is 1. The van der Waals surface area contributed by atoms with Crippen LogP contribution in [0, 0.1) is 5.82 Å². The highest BCUT2D eigenvalue weighted by atomic mass is 35.5. The molecular weight excluding hydrogens is 409 g/mol. The molecule has 8 heteroatoms. The summed E-state index contributed by atoms with van der Waals surface area (Å²) in [5, 5.41) is 6.94. The first-order chi connectivity index (χ1) is 14.6. The number of nitrogens with zero attached hydrogens (tertiary/aromatic N) is 2. The summed E-state index contributed by atoms with van der Waals surface area (Å²) in [6.07, 6.45) is 0. The molecule has 1 heterocycles. The van der Waals surface area contributed by atoms with Crippen LogP contribution in [0.25, 0.3) is 22.8 Å². The minimum Gasteiger partial charge on any atom is -0.483 e. The lowest BCUT2D eigenvalue weighted by atomic mass is 10.2. The van der Waals surface area contributed by atoms with Crippen LogP contribution >= 0.6 is 11.6 Å². The monoisotopic (exact) mass is 423 g/mol. The zero-order valence-corrected chi connectivity index (χ0v) is 16.3. The van der Waals surface area contributed by atoms with Crippen molar-refractivity contribution < 1.29 is 18.4 Å². The van der Waals surface area contributed by atoms with Crippen molar-refractivity contribution in [3.63, 3.8) is 0 Å². The van der Waals surface area contributed by atoms with Crippen LogP contribution in [0.1, 0.15) is 0 Å². The molecule has 4 aromatic rings. The van der Waals surface area contributed by atoms with Crippen molar-refractivity contribution in [2.45, 2.75) is 0 Å². The summed E-state index contributed by atoms with van der Waals surface area (Å²) in [4.78, 5) is 16.5. The second-order valence-corrected chi connectivity index (χ2v) is 6.62. The van der Waals surface area contributed by atoms with Gasteiger partial charge in [0.25, 0.3) is 11.8 Å². The summed E-state index contributed by atoms with van der Waals surface area (Å²) >= 11 is 6.19. The van der Waals surface area contributed by atoms with Crippen molar-refractivity contribution in [2.24, 2.45) is 0 Å². The summed E-state index contributed by atoms with van der Waals surface area (Å²) in [7, 11) is 0. The van der Waals surface area contributed by atoms with Crippen molar-refractivity contribution in [3.05, 3.63) is 83.6 Å². The van der Waals surface area contributed by atoms with Gasteiger partial charge >= 0.3 is 0 Å². The van der Waals surface area contributed by atoms with E-state index >= 15 is 0 Å². The average molecular weight is 424 g/mol. The smallest absolute Gasteiger partial charge is 0.262 e. The maximum absolute atomic E-state index is 13.7. The average Bonchev–Trinajstić information content (AvgIpc) is 3.24. The summed E-state index contributed by atoms with van der Waals surface area (Å²) in [6, 6.07) is 20.0. The Morgan fingerprint density at radius 2 is 1.70 bits per heavy atom. The Morgan fingerprint density at radius 1 is 1.00 bits per heavy atom. The number of para-hydroxylation sites is 2. The van der Waals surface area contributed by atoms with E-state index in [1.54, 1.807) is 48.5 Å². The van der Waals surface area contributed by atoms with Crippen LogP contribution in [0.15, 0.2) is 77.3 Å². The fraction of sp³-hybridized carbons (Fsp3) is 0.0455. The molecule has 0 saturated carbocycles. The second kappa shape index (κ2) is 8.75. The number of carbonyl (C=O) groups is 1. The van der Waals surface area contributed by atoms with Gasteiger partial charge in [-0.3, -0.25) is 4.79 Å². The molecule has 0 aliphatic rings. The van der Waals surface area contributed by atoms with Crippen LogP contribution in [0.5, 0.6) is 5.75 Å². The molecule has 3 aromatic carbocycles. The van der Waals surface area contributed by atoms with E-state index in [0.717, 1.165) is 0 Å². The summed E-state index contributed by atoms with van der Waals surface area (Å²) in [5.41, 5.74) is 1.24. The van der Waals surface area contributed by atoms with Crippen LogP contribution in [0.2, 0.25) is 5.02 Å². The first kappa shape index (κ1) is 19.6. The number of aromatic nitrogens is 2. The number of nitrogens with one attached hydrogen (secondary N) is 1. The third-order valence-corrected chi connectivity index (χ3v) is 4.49. The molecule has 0 bridgehead atoms. The van der Waals surface area contributed by atoms with Gasteiger partial charge in [-0.2, -0.15) is 4.98 Å². The van der Waals surface area contributed by atoms with E-state index in [1.807, 2.05) is 12.1 Å². The molecule has 0 saturated heterocycles. The lowest BCUT2D eigenvalue weighted by molar-refractivity contribution is -0.118. The van der Waals surface area contributed by atoms with E-state index in [1.165, 1.54) is 12.1 Å². The van der Waals surface area contributed by atoms with Crippen molar-refractivity contribution >= 4 is 23.2 Å². The first-order valence-corrected chi connectivity index (χ1v) is 9.35. The quantitative estimate of drug-likeness (QED) is 0.460. The molecule has 0 spiro atoms. The van der Waals surface area contributed by atoms with Gasteiger partial charge in [-0.15, -0.1) is 0 Å². The summed E-state index contributed by atoms with van der Waals surface area (Å²) in [6.45, 7) is -0.323. The standard InChI is InChI=1S/C22H15ClFN3O3/c23-16-9-3-1-7-14(16)21-26-22(30-27-21)15-8-2-6-12-19(15)29-13-20(28)25-18-11-5-4-10-17(18)24/h1-12H,13H2,(H,25,28). The lowest BCUT2D eigenvalue weighted by Crippen LogP contribution is -2.20. The molecule has 1 amide bonds. The number of hydrogen-bond donors (Lipinski definition) is 1. The zero-order valence-electron chi connectivity index (χ0n) is 15.5. The number of amides is 1. The Bertz CT molecular complexity index is 1200. The van der Waals surface area contributed by atoms with Gasteiger partial charge < -0.3 is 14.6 Å². The van der Waals surface area contributed by atoms with Gasteiger partial charge in [-0.05, 0) is 36.4 Å². The molecule has 0 atom stereocenters. The number of rotatable bonds is 6. The van der Waals surface area contributed by atoms with Gasteiger partial charge in [0.05, 0.1) is 16.3 Å². The molecule has 6 nitrogen and oxygen atoms in total. The molecular formula is C22H15ClFN3O3. The van der Waals surface area contributed by atoms with Gasteiger partial charge in [0.15, 0.2) is 6.61 Å². The maximum atomic E-state index is 13.7. The third kappa shape index (κ3) is 4.31. The third-order valence-electron chi connectivity index (χ3n) is 4.16. The second-order valence-electron chi connectivity index (χ2n) is 6.22. The van der Waals surface area contributed by atoms with E-state index in [-0.39, 0.29) is 18.2 Å². The van der Waals surface area contributed by atoms with Crippen LogP contribution < -0.4 is 10.1 Å². The predicted molar refractivity (Wildman–Crippen MR) is 111 cm³/mol. The van der Waals surface area contributed by atoms with Gasteiger partial charge in [0.1, 0.15) is 11.6 Å². The molecule has 1 N–H and O–H groups in total. The molecule has 0 fully saturated rings. The van der Waals surface area contributed by atoms with Crippen molar-refractivity contribution in [1.29, 1.82) is 0 Å². The first-order valence-electron chi connectivity index (χ1n) is 8.97. The van der Waals surface area contributed by atoms with E-state index < -0.39 is 11.7 Å². The number of hydrogen-bond acceptors (Lipinski definition) is 5. The van der Waals surface area contributed by atoms with Crippen LogP contribution in [0.3, 0.4) is 0 Å². The summed E-state index contributed by atoms with van der Waals surface area (Å²) in [5.74, 6) is -0.102. The van der Waals surface area contributed by atoms with Crippen LogP contribution in [-0.4, -0.2) is 22.7 Å². The van der Waals surface area contributed by atoms with Gasteiger partial charge in [0, 0.05) is 5.56 Å². The van der Waals surface area contributed by atoms with Gasteiger partial charge in [-0.1, -0.05) is 53.2 Å². The highest BCUT2D eigenvalue weighted by Crippen LogP contribution is 2.32. The molecule has 0 aliphatic carbocycles. The maximum Gasteiger partial charge on any atom is 0.262 e. The van der Waals surface area contributed by atoms with E-state index in [2.05, 4.69) is 15.5 Å². The molecule has 150 valence electrons. The molecule has 0 aliphatic heterocycles. The predicted octanol–water partition coefficient (Wildman–Crippen LogP) is 5.21. The van der Waals surface area contributed by atoms with Crippen molar-refractivity contribution in [2.75, 3.05) is 11.9 Å². The van der Waals surface area contributed by atoms with E-state index in [4.69, 9.17) is 20.9 Å². The number of carbonyl (C=O) groups excluding carboxylic acids is 1. The van der Waals surface area contributed by atoms with E-state index in [9.17, 15) is 9.18 Å². The van der Waals surface area contributed by atoms with Crippen molar-refractivity contribution in [3.8, 4) is 28.6 Å². The minimum absolute atomic E-state index is 0.0840. The van der Waals surface area contributed by atoms with Gasteiger partial charge in [0.2, 0.25) is 5.82 Å². The normalized spacial score (nSPS) is 10.6. The van der Waals surface area contributed by atoms with Crippen LogP contribution in [-0.2, 0) is 4.79 Å². The number of halogens is 2. The topological polar surface area (TPSA) is 77.2 Å². The lowest BCUT2D eigenvalue weighted by Gasteiger charge is -2.10. The van der Waals surface area contributed by atoms with Crippen LogP contribution in [0.4, 0.5) is 10.1 Å². The number of benzene rings is 3. The fourth-order valence-electron chi connectivity index (χ4n) is 2.75. The van der Waals surface area contributed by atoms with Crippen molar-refractivity contribution in [1.82, 2.24) is 10.1 Å². The Kier molecular flexibility index (Phi) is 5.72. The van der Waals surface area contributed by atoms with E-state index in [0.29, 0.717) is 27.7 Å². The minimum atomic E-state index is -0.524. The Labute approximate surface area is 176 Å². The molecule has 4 rings (SSSR count). The Hall–Kier alpha value is -3.71. The Morgan fingerprint density at radius 3 is 2.50 bits per heavy atom. The molecule has 0 unspecified atom stereocenters. The molecule has 0 radical (unpaired) electrons. The number of anilines is 1. The fourth-order valence-corrected chi connectivity index (χ4v) is 2.97. The Balaban J connectivity index is 1.50. The molecule has 1 aromatic heterocycles.